The number of hydrogen-bond acceptors (Lipinski definition) is 4. The molecule has 23 heavy (non-hydrogen) atoms. The lowest BCUT2D eigenvalue weighted by molar-refractivity contribution is 0.0935. The van der Waals surface area contributed by atoms with Gasteiger partial charge in [0.2, 0.25) is 0 Å². The van der Waals surface area contributed by atoms with Gasteiger partial charge in [0.25, 0.3) is 5.91 Å². The Labute approximate surface area is 134 Å². The first-order valence-corrected chi connectivity index (χ1v) is 7.69. The minimum Gasteiger partial charge on any atom is -0.496 e. The van der Waals surface area contributed by atoms with Crippen LogP contribution in [0.1, 0.15) is 34.6 Å². The number of fused-ring (bicyclic) bond motifs is 2. The molecule has 0 fully saturated rings. The van der Waals surface area contributed by atoms with Gasteiger partial charge in [0, 0.05) is 23.2 Å². The number of nitrogens with one attached hydrogen (secondary N) is 2. The lowest BCUT2D eigenvalue weighted by atomic mass is 10.0. The van der Waals surface area contributed by atoms with Crippen molar-refractivity contribution in [2.45, 2.75) is 25.6 Å². The standard InChI is InChI=1S/C18H18N2O3/c1-10-7-11-8-16(22-2)13(9-15(11)23-10)17-19-14-6-4-3-5-12(14)18(21)20-17/h3-6,8-10,17,19H,7H2,1-2H3,(H,20,21). The monoisotopic (exact) mass is 310 g/mol. The Morgan fingerprint density at radius 3 is 2.87 bits per heavy atom. The van der Waals surface area contributed by atoms with Crippen LogP contribution in [0.15, 0.2) is 36.4 Å². The van der Waals surface area contributed by atoms with E-state index in [0.29, 0.717) is 5.56 Å². The van der Waals surface area contributed by atoms with Gasteiger partial charge < -0.3 is 20.1 Å². The highest BCUT2D eigenvalue weighted by Gasteiger charge is 2.29. The Morgan fingerprint density at radius 1 is 1.22 bits per heavy atom. The zero-order valence-corrected chi connectivity index (χ0v) is 13.1. The van der Waals surface area contributed by atoms with Crippen LogP contribution < -0.4 is 20.1 Å². The number of carbonyl (C=O) groups excluding carboxylic acids is 1. The second-order valence-electron chi connectivity index (χ2n) is 5.93. The summed E-state index contributed by atoms with van der Waals surface area (Å²) in [4.78, 5) is 12.3. The molecule has 0 aliphatic carbocycles. The number of carbonyl (C=O) groups is 1. The predicted octanol–water partition coefficient (Wildman–Crippen LogP) is 2.87. The molecule has 5 nitrogen and oxygen atoms in total. The van der Waals surface area contributed by atoms with Crippen LogP contribution in [0.2, 0.25) is 0 Å². The Hall–Kier alpha value is -2.69. The van der Waals surface area contributed by atoms with Gasteiger partial charge in [-0.15, -0.1) is 0 Å². The van der Waals surface area contributed by atoms with Gasteiger partial charge in [-0.1, -0.05) is 12.1 Å². The van der Waals surface area contributed by atoms with Crippen LogP contribution in [-0.4, -0.2) is 19.1 Å². The summed E-state index contributed by atoms with van der Waals surface area (Å²) in [6.45, 7) is 2.04. The molecule has 2 unspecified atom stereocenters. The van der Waals surface area contributed by atoms with E-state index in [4.69, 9.17) is 9.47 Å². The number of hydrogen-bond donors (Lipinski definition) is 2. The summed E-state index contributed by atoms with van der Waals surface area (Å²) in [6.07, 6.45) is 0.691. The normalized spacial score (nSPS) is 21.6. The highest BCUT2D eigenvalue weighted by atomic mass is 16.5. The molecular formula is C18H18N2O3. The molecule has 2 aliphatic rings. The van der Waals surface area contributed by atoms with Crippen molar-refractivity contribution in [1.29, 1.82) is 0 Å². The fraction of sp³-hybridized carbons (Fsp3) is 0.278. The largest absolute Gasteiger partial charge is 0.496 e. The maximum atomic E-state index is 12.3. The van der Waals surface area contributed by atoms with E-state index in [-0.39, 0.29) is 18.2 Å². The molecular weight excluding hydrogens is 292 g/mol. The van der Waals surface area contributed by atoms with Crippen molar-refractivity contribution in [1.82, 2.24) is 5.32 Å². The van der Waals surface area contributed by atoms with Crippen LogP contribution in [0.25, 0.3) is 0 Å². The molecule has 4 rings (SSSR count). The number of rotatable bonds is 2. The number of benzene rings is 2. The number of methoxy groups -OCH3 is 1. The van der Waals surface area contributed by atoms with Gasteiger partial charge in [0.05, 0.1) is 12.7 Å². The maximum absolute atomic E-state index is 12.3. The second-order valence-corrected chi connectivity index (χ2v) is 5.93. The van der Waals surface area contributed by atoms with Gasteiger partial charge in [-0.05, 0) is 31.2 Å². The molecule has 2 atom stereocenters. The lowest BCUT2D eigenvalue weighted by Gasteiger charge is -2.29. The van der Waals surface area contributed by atoms with E-state index in [9.17, 15) is 4.79 Å². The fourth-order valence-electron chi connectivity index (χ4n) is 3.22. The fourth-order valence-corrected chi connectivity index (χ4v) is 3.22. The van der Waals surface area contributed by atoms with Crippen LogP contribution >= 0.6 is 0 Å². The summed E-state index contributed by atoms with van der Waals surface area (Å²) >= 11 is 0. The van der Waals surface area contributed by atoms with Crippen molar-refractivity contribution >= 4 is 11.6 Å². The molecule has 1 amide bonds. The maximum Gasteiger partial charge on any atom is 0.255 e. The number of ether oxygens (including phenoxy) is 2. The average Bonchev–Trinajstić information content (AvgIpc) is 2.92. The Morgan fingerprint density at radius 2 is 2.04 bits per heavy atom. The van der Waals surface area contributed by atoms with Crippen molar-refractivity contribution in [2.75, 3.05) is 12.4 Å². The highest BCUT2D eigenvalue weighted by molar-refractivity contribution is 6.01. The van der Waals surface area contributed by atoms with Gasteiger partial charge >= 0.3 is 0 Å². The van der Waals surface area contributed by atoms with E-state index in [2.05, 4.69) is 10.6 Å². The zero-order valence-electron chi connectivity index (χ0n) is 13.1. The van der Waals surface area contributed by atoms with Crippen molar-refractivity contribution < 1.29 is 14.3 Å². The number of para-hydroxylation sites is 1. The van der Waals surface area contributed by atoms with Gasteiger partial charge in [0.15, 0.2) is 0 Å². The van der Waals surface area contributed by atoms with E-state index in [1.54, 1.807) is 13.2 Å². The molecule has 0 saturated carbocycles. The number of amides is 1. The first kappa shape index (κ1) is 13.9. The highest BCUT2D eigenvalue weighted by Crippen LogP contribution is 2.39. The third-order valence-corrected chi connectivity index (χ3v) is 4.31. The molecule has 2 aromatic carbocycles. The summed E-state index contributed by atoms with van der Waals surface area (Å²) in [7, 11) is 1.64. The molecule has 0 saturated heterocycles. The van der Waals surface area contributed by atoms with Crippen LogP contribution in [0.3, 0.4) is 0 Å². The van der Waals surface area contributed by atoms with Crippen molar-refractivity contribution in [3.05, 3.63) is 53.1 Å². The zero-order chi connectivity index (χ0) is 16.0. The average molecular weight is 310 g/mol. The van der Waals surface area contributed by atoms with E-state index >= 15 is 0 Å². The van der Waals surface area contributed by atoms with Crippen LogP contribution in [-0.2, 0) is 6.42 Å². The van der Waals surface area contributed by atoms with Crippen molar-refractivity contribution in [3.8, 4) is 11.5 Å². The quantitative estimate of drug-likeness (QED) is 0.895. The molecule has 0 spiro atoms. The number of anilines is 1. The molecule has 2 heterocycles. The van der Waals surface area contributed by atoms with Gasteiger partial charge in [0.1, 0.15) is 23.8 Å². The Bertz CT molecular complexity index is 788. The molecule has 0 aromatic heterocycles. The molecule has 2 N–H and O–H groups in total. The van der Waals surface area contributed by atoms with Crippen molar-refractivity contribution in [3.63, 3.8) is 0 Å². The van der Waals surface area contributed by atoms with E-state index < -0.39 is 0 Å². The van der Waals surface area contributed by atoms with Crippen LogP contribution in [0.4, 0.5) is 5.69 Å². The Balaban J connectivity index is 1.74. The van der Waals surface area contributed by atoms with Gasteiger partial charge in [-0.2, -0.15) is 0 Å². The molecule has 5 heteroatoms. The van der Waals surface area contributed by atoms with E-state index in [0.717, 1.165) is 34.7 Å². The minimum absolute atomic E-state index is 0.0961. The summed E-state index contributed by atoms with van der Waals surface area (Å²) in [5.74, 6) is 1.52. The minimum atomic E-state index is -0.350. The summed E-state index contributed by atoms with van der Waals surface area (Å²) in [5.41, 5.74) is 3.47. The first-order chi connectivity index (χ1) is 11.2. The van der Waals surface area contributed by atoms with Gasteiger partial charge in [-0.25, -0.2) is 0 Å². The topological polar surface area (TPSA) is 59.6 Å². The summed E-state index contributed by atoms with van der Waals surface area (Å²) < 4.78 is 11.4. The van der Waals surface area contributed by atoms with Crippen molar-refractivity contribution in [2.24, 2.45) is 0 Å². The third-order valence-electron chi connectivity index (χ3n) is 4.31. The molecule has 2 aromatic rings. The lowest BCUT2D eigenvalue weighted by Crippen LogP contribution is -2.38. The molecule has 118 valence electrons. The first-order valence-electron chi connectivity index (χ1n) is 7.69. The van der Waals surface area contributed by atoms with E-state index in [1.165, 1.54) is 0 Å². The van der Waals surface area contributed by atoms with Crippen LogP contribution in [0, 0.1) is 0 Å². The smallest absolute Gasteiger partial charge is 0.255 e. The molecule has 2 aliphatic heterocycles. The summed E-state index contributed by atoms with van der Waals surface area (Å²) in [6, 6.07) is 11.4. The Kier molecular flexibility index (Phi) is 3.15. The van der Waals surface area contributed by atoms with Crippen LogP contribution in [0.5, 0.6) is 11.5 Å². The van der Waals surface area contributed by atoms with Gasteiger partial charge in [-0.3, -0.25) is 4.79 Å². The molecule has 0 bridgehead atoms. The second kappa shape index (κ2) is 5.19. The molecule has 0 radical (unpaired) electrons. The SMILES string of the molecule is COc1cc2c(cc1C1NC(=O)c3ccccc3N1)OC(C)C2. The summed E-state index contributed by atoms with van der Waals surface area (Å²) in [5, 5.41) is 6.33. The third kappa shape index (κ3) is 2.29. The van der Waals surface area contributed by atoms with E-state index in [1.807, 2.05) is 37.3 Å². The predicted molar refractivity (Wildman–Crippen MR) is 87.1 cm³/mol.